The van der Waals surface area contributed by atoms with Crippen LogP contribution in [-0.2, 0) is 0 Å². The predicted octanol–water partition coefficient (Wildman–Crippen LogP) is 3.55. The maximum absolute atomic E-state index is 5.51. The van der Waals surface area contributed by atoms with Crippen molar-refractivity contribution in [3.63, 3.8) is 0 Å². The second kappa shape index (κ2) is 9.65. The smallest absolute Gasteiger partial charge is 0.191 e. The highest BCUT2D eigenvalue weighted by Gasteiger charge is 2.24. The molecule has 0 saturated carbocycles. The molecule has 1 aliphatic heterocycles. The number of anilines is 1. The van der Waals surface area contributed by atoms with Crippen LogP contribution in [-0.4, -0.2) is 46.3 Å². The molecule has 2 N–H and O–H groups in total. The SMILES string of the molecule is CN=C(NCC1CCN(c2ccccc2OC)C1)NCC(C)c1cccs1. The topological polar surface area (TPSA) is 48.9 Å². The average molecular weight is 387 g/mol. The number of benzene rings is 1. The maximum Gasteiger partial charge on any atom is 0.191 e. The van der Waals surface area contributed by atoms with E-state index in [2.05, 4.69) is 57.1 Å². The minimum atomic E-state index is 0.482. The van der Waals surface area contributed by atoms with Crippen molar-refractivity contribution in [2.24, 2.45) is 10.9 Å². The van der Waals surface area contributed by atoms with Gasteiger partial charge in [-0.2, -0.15) is 0 Å². The van der Waals surface area contributed by atoms with Crippen molar-refractivity contribution in [2.45, 2.75) is 19.3 Å². The summed E-state index contributed by atoms with van der Waals surface area (Å²) in [6.45, 7) is 6.16. The Morgan fingerprint density at radius 3 is 2.89 bits per heavy atom. The van der Waals surface area contributed by atoms with Gasteiger partial charge in [0.15, 0.2) is 5.96 Å². The first-order valence-corrected chi connectivity index (χ1v) is 10.4. The van der Waals surface area contributed by atoms with E-state index in [1.165, 1.54) is 17.0 Å². The van der Waals surface area contributed by atoms with Crippen LogP contribution in [0.15, 0.2) is 46.8 Å². The first-order valence-electron chi connectivity index (χ1n) is 9.57. The van der Waals surface area contributed by atoms with Crippen molar-refractivity contribution in [1.82, 2.24) is 10.6 Å². The summed E-state index contributed by atoms with van der Waals surface area (Å²) in [6, 6.07) is 12.6. The van der Waals surface area contributed by atoms with Gasteiger partial charge in [0.2, 0.25) is 0 Å². The third-order valence-corrected chi connectivity index (χ3v) is 6.20. The van der Waals surface area contributed by atoms with Crippen LogP contribution in [0.2, 0.25) is 0 Å². The van der Waals surface area contributed by atoms with E-state index in [-0.39, 0.29) is 0 Å². The summed E-state index contributed by atoms with van der Waals surface area (Å²) >= 11 is 1.81. The van der Waals surface area contributed by atoms with Crippen molar-refractivity contribution in [2.75, 3.05) is 45.2 Å². The summed E-state index contributed by atoms with van der Waals surface area (Å²) in [5, 5.41) is 9.08. The molecule has 1 aromatic carbocycles. The zero-order valence-corrected chi connectivity index (χ0v) is 17.3. The van der Waals surface area contributed by atoms with Crippen LogP contribution in [0, 0.1) is 5.92 Å². The van der Waals surface area contributed by atoms with Gasteiger partial charge in [0.05, 0.1) is 12.8 Å². The fourth-order valence-electron chi connectivity index (χ4n) is 3.49. The molecule has 1 aliphatic rings. The molecule has 1 saturated heterocycles. The number of aliphatic imine (C=N–C) groups is 1. The molecule has 0 aliphatic carbocycles. The van der Waals surface area contributed by atoms with E-state index in [1.54, 1.807) is 7.11 Å². The standard InChI is InChI=1S/C21H30N4OS/c1-16(20-9-6-12-27-20)13-23-21(22-2)24-14-17-10-11-25(15-17)18-7-4-5-8-19(18)26-3/h4-9,12,16-17H,10-11,13-15H2,1-3H3,(H2,22,23,24). The molecule has 1 aromatic heterocycles. The van der Waals surface area contributed by atoms with E-state index in [9.17, 15) is 0 Å². The lowest BCUT2D eigenvalue weighted by Gasteiger charge is -2.21. The Bertz CT molecular complexity index is 732. The molecule has 1 fully saturated rings. The first kappa shape index (κ1) is 19.5. The van der Waals surface area contributed by atoms with E-state index in [1.807, 2.05) is 30.5 Å². The summed E-state index contributed by atoms with van der Waals surface area (Å²) in [4.78, 5) is 8.19. The molecule has 0 bridgehead atoms. The van der Waals surface area contributed by atoms with Gasteiger partial charge in [-0.15, -0.1) is 11.3 Å². The second-order valence-corrected chi connectivity index (χ2v) is 8.00. The van der Waals surface area contributed by atoms with Gasteiger partial charge >= 0.3 is 0 Å². The number of guanidine groups is 1. The van der Waals surface area contributed by atoms with Crippen molar-refractivity contribution in [1.29, 1.82) is 0 Å². The second-order valence-electron chi connectivity index (χ2n) is 7.02. The van der Waals surface area contributed by atoms with Crippen LogP contribution in [0.1, 0.15) is 24.1 Å². The van der Waals surface area contributed by atoms with Gasteiger partial charge in [-0.3, -0.25) is 4.99 Å². The monoisotopic (exact) mass is 386 g/mol. The van der Waals surface area contributed by atoms with Crippen molar-refractivity contribution in [3.05, 3.63) is 46.7 Å². The fraction of sp³-hybridized carbons (Fsp3) is 0.476. The Balaban J connectivity index is 1.45. The number of rotatable bonds is 7. The van der Waals surface area contributed by atoms with Crippen molar-refractivity contribution < 1.29 is 4.74 Å². The molecule has 0 spiro atoms. The lowest BCUT2D eigenvalue weighted by Crippen LogP contribution is -2.41. The summed E-state index contributed by atoms with van der Waals surface area (Å²) in [5.74, 6) is 2.92. The Kier molecular flexibility index (Phi) is 6.98. The fourth-order valence-corrected chi connectivity index (χ4v) is 4.28. The van der Waals surface area contributed by atoms with Gasteiger partial charge in [-0.1, -0.05) is 25.1 Å². The lowest BCUT2D eigenvalue weighted by molar-refractivity contribution is 0.414. The summed E-state index contributed by atoms with van der Waals surface area (Å²) < 4.78 is 5.51. The highest BCUT2D eigenvalue weighted by atomic mass is 32.1. The third-order valence-electron chi connectivity index (χ3n) is 5.10. The first-order chi connectivity index (χ1) is 13.2. The van der Waals surface area contributed by atoms with Gasteiger partial charge in [0.1, 0.15) is 5.75 Å². The number of hydrogen-bond donors (Lipinski definition) is 2. The zero-order chi connectivity index (χ0) is 19.1. The van der Waals surface area contributed by atoms with Crippen LogP contribution >= 0.6 is 11.3 Å². The molecule has 146 valence electrons. The minimum absolute atomic E-state index is 0.482. The Morgan fingerprint density at radius 1 is 1.30 bits per heavy atom. The van der Waals surface area contributed by atoms with E-state index < -0.39 is 0 Å². The molecule has 0 radical (unpaired) electrons. The van der Waals surface area contributed by atoms with Crippen LogP contribution in [0.5, 0.6) is 5.75 Å². The van der Waals surface area contributed by atoms with Crippen molar-refractivity contribution in [3.8, 4) is 5.75 Å². The number of nitrogens with one attached hydrogen (secondary N) is 2. The normalized spacial score (nSPS) is 18.4. The molecule has 0 amide bonds. The molecule has 2 aromatic rings. The minimum Gasteiger partial charge on any atom is -0.495 e. The molecule has 2 unspecified atom stereocenters. The largest absolute Gasteiger partial charge is 0.495 e. The van der Waals surface area contributed by atoms with E-state index in [4.69, 9.17) is 4.74 Å². The molecule has 2 heterocycles. The Morgan fingerprint density at radius 2 is 2.15 bits per heavy atom. The van der Waals surface area contributed by atoms with E-state index >= 15 is 0 Å². The quantitative estimate of drug-likeness (QED) is 0.564. The van der Waals surface area contributed by atoms with Crippen LogP contribution in [0.4, 0.5) is 5.69 Å². The van der Waals surface area contributed by atoms with Gasteiger partial charge in [-0.25, -0.2) is 0 Å². The summed E-state index contributed by atoms with van der Waals surface area (Å²) in [6.07, 6.45) is 1.17. The number of thiophene rings is 1. The maximum atomic E-state index is 5.51. The molecule has 27 heavy (non-hydrogen) atoms. The zero-order valence-electron chi connectivity index (χ0n) is 16.4. The number of ether oxygens (including phenoxy) is 1. The molecular formula is C21H30N4OS. The molecule has 5 nitrogen and oxygen atoms in total. The summed E-state index contributed by atoms with van der Waals surface area (Å²) in [7, 11) is 3.57. The predicted molar refractivity (Wildman–Crippen MR) is 115 cm³/mol. The average Bonchev–Trinajstić information content (AvgIpc) is 3.40. The van der Waals surface area contributed by atoms with Gasteiger partial charge < -0.3 is 20.3 Å². The number of hydrogen-bond acceptors (Lipinski definition) is 4. The van der Waals surface area contributed by atoms with E-state index in [0.717, 1.165) is 37.9 Å². The third kappa shape index (κ3) is 5.16. The molecule has 3 rings (SSSR count). The number of methoxy groups -OCH3 is 1. The van der Waals surface area contributed by atoms with Crippen molar-refractivity contribution >= 4 is 23.0 Å². The Labute approximate surface area is 166 Å². The number of para-hydroxylation sites is 2. The van der Waals surface area contributed by atoms with Crippen LogP contribution < -0.4 is 20.3 Å². The van der Waals surface area contributed by atoms with Crippen LogP contribution in [0.3, 0.4) is 0 Å². The van der Waals surface area contributed by atoms with E-state index in [0.29, 0.717) is 11.8 Å². The van der Waals surface area contributed by atoms with Gasteiger partial charge in [-0.05, 0) is 35.9 Å². The number of nitrogens with zero attached hydrogens (tertiary/aromatic N) is 2. The van der Waals surface area contributed by atoms with Crippen LogP contribution in [0.25, 0.3) is 0 Å². The molecular weight excluding hydrogens is 356 g/mol. The highest BCUT2D eigenvalue weighted by molar-refractivity contribution is 7.10. The Hall–Kier alpha value is -2.21. The molecule has 6 heteroatoms. The molecule has 2 atom stereocenters. The lowest BCUT2D eigenvalue weighted by atomic mass is 10.1. The van der Waals surface area contributed by atoms with Gasteiger partial charge in [0.25, 0.3) is 0 Å². The summed E-state index contributed by atoms with van der Waals surface area (Å²) in [5.41, 5.74) is 1.19. The highest BCUT2D eigenvalue weighted by Crippen LogP contribution is 2.31. The van der Waals surface area contributed by atoms with Gasteiger partial charge in [0, 0.05) is 44.0 Å².